The van der Waals surface area contributed by atoms with Crippen LogP contribution in [-0.2, 0) is 4.74 Å². The Morgan fingerprint density at radius 1 is 1.18 bits per heavy atom. The number of hydrogen-bond donors (Lipinski definition) is 0. The summed E-state index contributed by atoms with van der Waals surface area (Å²) < 4.78 is 5.91. The highest BCUT2D eigenvalue weighted by atomic mass is 16.5. The molecule has 1 aliphatic rings. The molecule has 94 valence electrons. The van der Waals surface area contributed by atoms with Gasteiger partial charge >= 0.3 is 0 Å². The zero-order valence-corrected chi connectivity index (χ0v) is 11.3. The predicted octanol–water partition coefficient (Wildman–Crippen LogP) is 4.39. The van der Waals surface area contributed by atoms with Gasteiger partial charge in [0.15, 0.2) is 0 Å². The number of hydrogen-bond acceptors (Lipinski definition) is 1. The van der Waals surface area contributed by atoms with Gasteiger partial charge in [-0.2, -0.15) is 0 Å². The van der Waals surface area contributed by atoms with Gasteiger partial charge in [0, 0.05) is 6.61 Å². The Morgan fingerprint density at radius 2 is 1.88 bits per heavy atom. The minimum Gasteiger partial charge on any atom is -0.378 e. The summed E-state index contributed by atoms with van der Waals surface area (Å²) in [6, 6.07) is 10.9. The molecule has 1 aromatic rings. The van der Waals surface area contributed by atoms with Crippen LogP contribution in [0.4, 0.5) is 0 Å². The lowest BCUT2D eigenvalue weighted by Crippen LogP contribution is -2.28. The lowest BCUT2D eigenvalue weighted by atomic mass is 9.82. The smallest absolute Gasteiger partial charge is 0.0586 e. The van der Waals surface area contributed by atoms with E-state index in [1.54, 1.807) is 0 Å². The van der Waals surface area contributed by atoms with E-state index in [-0.39, 0.29) is 0 Å². The van der Waals surface area contributed by atoms with Crippen LogP contribution in [0.15, 0.2) is 30.3 Å². The molecule has 1 saturated heterocycles. The van der Waals surface area contributed by atoms with E-state index < -0.39 is 0 Å². The van der Waals surface area contributed by atoms with Crippen LogP contribution >= 0.6 is 0 Å². The predicted molar refractivity (Wildman–Crippen MR) is 72.2 cm³/mol. The molecule has 2 rings (SSSR count). The van der Waals surface area contributed by atoms with Gasteiger partial charge in [0.1, 0.15) is 0 Å². The third kappa shape index (κ3) is 3.85. The molecular weight excluding hydrogens is 208 g/mol. The first-order valence-corrected chi connectivity index (χ1v) is 6.71. The van der Waals surface area contributed by atoms with Crippen LogP contribution < -0.4 is 0 Å². The van der Waals surface area contributed by atoms with Crippen LogP contribution in [0.25, 0.3) is 0 Å². The number of rotatable bonds is 2. The summed E-state index contributed by atoms with van der Waals surface area (Å²) in [6.45, 7) is 7.80. The molecule has 0 unspecified atom stereocenters. The first-order chi connectivity index (χ1) is 8.04. The van der Waals surface area contributed by atoms with E-state index in [2.05, 4.69) is 51.1 Å². The highest BCUT2D eigenvalue weighted by Gasteiger charge is 2.27. The van der Waals surface area contributed by atoms with E-state index in [1.807, 2.05) is 0 Å². The lowest BCUT2D eigenvalue weighted by Gasteiger charge is -2.33. The molecule has 0 amide bonds. The summed E-state index contributed by atoms with van der Waals surface area (Å²) in [5.41, 5.74) is 1.85. The standard InChI is InChI=1S/C16H24O/c1-16(2,3)12-15-11-14(9-10-17-15)13-7-5-4-6-8-13/h4-8,14-15H,9-12H2,1-3H3/t14-,15-/m1/s1. The van der Waals surface area contributed by atoms with Crippen molar-refractivity contribution in [1.29, 1.82) is 0 Å². The third-order valence-corrected chi connectivity index (χ3v) is 3.48. The van der Waals surface area contributed by atoms with E-state index in [1.165, 1.54) is 18.4 Å². The fourth-order valence-corrected chi connectivity index (χ4v) is 2.73. The Balaban J connectivity index is 1.98. The molecule has 17 heavy (non-hydrogen) atoms. The van der Waals surface area contributed by atoms with Crippen LogP contribution in [0.2, 0.25) is 0 Å². The van der Waals surface area contributed by atoms with Gasteiger partial charge < -0.3 is 4.74 Å². The Bertz CT molecular complexity index is 336. The fraction of sp³-hybridized carbons (Fsp3) is 0.625. The van der Waals surface area contributed by atoms with Gasteiger partial charge in [-0.25, -0.2) is 0 Å². The zero-order valence-electron chi connectivity index (χ0n) is 11.3. The maximum atomic E-state index is 5.91. The van der Waals surface area contributed by atoms with E-state index in [9.17, 15) is 0 Å². The quantitative estimate of drug-likeness (QED) is 0.735. The van der Waals surface area contributed by atoms with Crippen molar-refractivity contribution in [2.75, 3.05) is 6.61 Å². The first kappa shape index (κ1) is 12.6. The second-order valence-electron chi connectivity index (χ2n) is 6.39. The monoisotopic (exact) mass is 232 g/mol. The highest BCUT2D eigenvalue weighted by molar-refractivity contribution is 5.20. The number of benzene rings is 1. The van der Waals surface area contributed by atoms with E-state index >= 15 is 0 Å². The average molecular weight is 232 g/mol. The molecule has 1 aliphatic heterocycles. The molecule has 0 aliphatic carbocycles. The average Bonchev–Trinajstić information content (AvgIpc) is 2.28. The van der Waals surface area contributed by atoms with Crippen molar-refractivity contribution in [3.05, 3.63) is 35.9 Å². The minimum absolute atomic E-state index is 0.364. The van der Waals surface area contributed by atoms with Gasteiger partial charge in [-0.3, -0.25) is 0 Å². The van der Waals surface area contributed by atoms with Gasteiger partial charge in [-0.1, -0.05) is 51.1 Å². The molecule has 0 saturated carbocycles. The largest absolute Gasteiger partial charge is 0.378 e. The van der Waals surface area contributed by atoms with Crippen molar-refractivity contribution < 1.29 is 4.74 Å². The zero-order chi connectivity index (χ0) is 12.3. The summed E-state index contributed by atoms with van der Waals surface area (Å²) in [5, 5.41) is 0. The Labute approximate surface area is 105 Å². The summed E-state index contributed by atoms with van der Waals surface area (Å²) in [4.78, 5) is 0. The third-order valence-electron chi connectivity index (χ3n) is 3.48. The van der Waals surface area contributed by atoms with Crippen molar-refractivity contribution in [2.45, 2.75) is 52.1 Å². The summed E-state index contributed by atoms with van der Waals surface area (Å²) in [6.07, 6.45) is 3.95. The van der Waals surface area contributed by atoms with Crippen LogP contribution in [0, 0.1) is 5.41 Å². The molecule has 0 bridgehead atoms. The van der Waals surface area contributed by atoms with Crippen molar-refractivity contribution >= 4 is 0 Å². The molecule has 1 aromatic carbocycles. The molecule has 1 fully saturated rings. The Kier molecular flexibility index (Phi) is 3.88. The van der Waals surface area contributed by atoms with E-state index in [0.29, 0.717) is 17.4 Å². The molecule has 0 spiro atoms. The van der Waals surface area contributed by atoms with Gasteiger partial charge in [-0.15, -0.1) is 0 Å². The Hall–Kier alpha value is -0.820. The molecule has 0 aromatic heterocycles. The first-order valence-electron chi connectivity index (χ1n) is 6.71. The van der Waals surface area contributed by atoms with Crippen molar-refractivity contribution in [3.63, 3.8) is 0 Å². The molecule has 2 atom stereocenters. The Morgan fingerprint density at radius 3 is 2.53 bits per heavy atom. The fourth-order valence-electron chi connectivity index (χ4n) is 2.73. The molecule has 1 heteroatoms. The van der Waals surface area contributed by atoms with Crippen LogP contribution in [0.1, 0.15) is 51.5 Å². The van der Waals surface area contributed by atoms with Crippen LogP contribution in [0.5, 0.6) is 0 Å². The molecular formula is C16H24O. The van der Waals surface area contributed by atoms with Gasteiger partial charge in [0.05, 0.1) is 6.10 Å². The van der Waals surface area contributed by atoms with Gasteiger partial charge in [0.25, 0.3) is 0 Å². The molecule has 0 N–H and O–H groups in total. The van der Waals surface area contributed by atoms with Crippen LogP contribution in [0.3, 0.4) is 0 Å². The van der Waals surface area contributed by atoms with E-state index in [0.717, 1.165) is 13.0 Å². The topological polar surface area (TPSA) is 9.23 Å². The van der Waals surface area contributed by atoms with Gasteiger partial charge in [0.2, 0.25) is 0 Å². The highest BCUT2D eigenvalue weighted by Crippen LogP contribution is 2.34. The lowest BCUT2D eigenvalue weighted by molar-refractivity contribution is -0.0154. The molecule has 1 nitrogen and oxygen atoms in total. The SMILES string of the molecule is CC(C)(C)C[C@H]1C[C@H](c2ccccc2)CCO1. The van der Waals surface area contributed by atoms with Gasteiger partial charge in [-0.05, 0) is 36.2 Å². The summed E-state index contributed by atoms with van der Waals surface area (Å²) in [5.74, 6) is 0.692. The van der Waals surface area contributed by atoms with Crippen molar-refractivity contribution in [3.8, 4) is 0 Å². The van der Waals surface area contributed by atoms with Crippen molar-refractivity contribution in [2.24, 2.45) is 5.41 Å². The second kappa shape index (κ2) is 5.22. The second-order valence-corrected chi connectivity index (χ2v) is 6.39. The van der Waals surface area contributed by atoms with E-state index in [4.69, 9.17) is 4.74 Å². The van der Waals surface area contributed by atoms with Crippen molar-refractivity contribution in [1.82, 2.24) is 0 Å². The maximum absolute atomic E-state index is 5.91. The summed E-state index contributed by atoms with van der Waals surface area (Å²) in [7, 11) is 0. The normalized spacial score (nSPS) is 25.8. The molecule has 0 radical (unpaired) electrons. The minimum atomic E-state index is 0.364. The maximum Gasteiger partial charge on any atom is 0.0586 e. The summed E-state index contributed by atoms with van der Waals surface area (Å²) >= 11 is 0. The van der Waals surface area contributed by atoms with Crippen LogP contribution in [-0.4, -0.2) is 12.7 Å². The molecule has 1 heterocycles. The number of ether oxygens (including phenoxy) is 1.